The summed E-state index contributed by atoms with van der Waals surface area (Å²) in [5.41, 5.74) is 1.24. The van der Waals surface area contributed by atoms with Crippen LogP contribution in [0.2, 0.25) is 15.1 Å². The molecular formula is C24H18Cl3N3O2S. The number of carbonyl (C=O) groups is 1. The number of anilines is 1. The topological polar surface area (TPSA) is 56.0 Å². The van der Waals surface area contributed by atoms with E-state index in [0.717, 1.165) is 10.5 Å². The number of carbonyl (C=O) groups excluding carboxylic acids is 1. The Hall–Kier alpha value is -2.64. The fourth-order valence-corrected chi connectivity index (χ4v) is 4.43. The molecule has 0 atom stereocenters. The van der Waals surface area contributed by atoms with Crippen molar-refractivity contribution in [2.24, 2.45) is 0 Å². The zero-order valence-electron chi connectivity index (χ0n) is 17.4. The number of rotatable bonds is 6. The zero-order chi connectivity index (χ0) is 23.5. The van der Waals surface area contributed by atoms with Gasteiger partial charge in [-0.05, 0) is 60.4 Å². The Bertz CT molecular complexity index is 1380. The van der Waals surface area contributed by atoms with Crippen molar-refractivity contribution in [3.05, 3.63) is 109 Å². The normalized spacial score (nSPS) is 10.9. The van der Waals surface area contributed by atoms with Crippen LogP contribution in [0.4, 0.5) is 5.69 Å². The highest BCUT2D eigenvalue weighted by atomic mass is 35.5. The van der Waals surface area contributed by atoms with Crippen LogP contribution < -0.4 is 10.9 Å². The Kier molecular flexibility index (Phi) is 7.20. The molecule has 4 rings (SSSR count). The molecule has 4 aromatic rings. The summed E-state index contributed by atoms with van der Waals surface area (Å²) in [4.78, 5) is 27.5. The van der Waals surface area contributed by atoms with E-state index in [-0.39, 0.29) is 17.1 Å². The van der Waals surface area contributed by atoms with Gasteiger partial charge in [-0.15, -0.1) is 11.8 Å². The first-order valence-electron chi connectivity index (χ1n) is 9.84. The number of hydrogen-bond acceptors (Lipinski definition) is 3. The summed E-state index contributed by atoms with van der Waals surface area (Å²) in [6.07, 6.45) is 3.47. The molecule has 3 aromatic carbocycles. The minimum absolute atomic E-state index is 0.0259. The van der Waals surface area contributed by atoms with E-state index in [2.05, 4.69) is 5.32 Å². The lowest BCUT2D eigenvalue weighted by atomic mass is 10.2. The molecule has 0 saturated carbocycles. The molecule has 9 heteroatoms. The highest BCUT2D eigenvalue weighted by molar-refractivity contribution is 7.98. The van der Waals surface area contributed by atoms with Crippen LogP contribution in [-0.4, -0.2) is 21.5 Å². The molecule has 1 amide bonds. The molecule has 0 aliphatic carbocycles. The van der Waals surface area contributed by atoms with Crippen molar-refractivity contribution in [2.45, 2.75) is 11.4 Å². The molecule has 0 aliphatic heterocycles. The maximum absolute atomic E-state index is 13.4. The second-order valence-electron chi connectivity index (χ2n) is 7.13. The molecule has 1 heterocycles. The molecule has 33 heavy (non-hydrogen) atoms. The van der Waals surface area contributed by atoms with Crippen LogP contribution >= 0.6 is 46.6 Å². The number of nitrogens with zero attached hydrogens (tertiary/aromatic N) is 2. The van der Waals surface area contributed by atoms with Gasteiger partial charge in [0.1, 0.15) is 5.56 Å². The van der Waals surface area contributed by atoms with Crippen molar-refractivity contribution < 1.29 is 4.79 Å². The third-order valence-electron chi connectivity index (χ3n) is 4.98. The smallest absolute Gasteiger partial charge is 0.284 e. The third-order valence-corrected chi connectivity index (χ3v) is 6.63. The number of hydrogen-bond donors (Lipinski definition) is 1. The van der Waals surface area contributed by atoms with Gasteiger partial charge >= 0.3 is 0 Å². The molecule has 1 aromatic heterocycles. The van der Waals surface area contributed by atoms with Gasteiger partial charge in [-0.1, -0.05) is 53.0 Å². The maximum atomic E-state index is 13.4. The summed E-state index contributed by atoms with van der Waals surface area (Å²) >= 11 is 20.4. The van der Waals surface area contributed by atoms with Crippen LogP contribution in [-0.2, 0) is 6.54 Å². The molecule has 1 N–H and O–H groups in total. The largest absolute Gasteiger partial charge is 0.322 e. The standard InChI is InChI=1S/C24H18Cl3N3O2S/c1-33-18-9-7-17(8-10-18)28-23(31)19-14-29(13-15-4-2-3-5-20(15)26)30(24(19)32)22-11-6-16(25)12-21(22)27/h2-12,14H,13H2,1H3,(H,28,31). The minimum Gasteiger partial charge on any atom is -0.322 e. The average molecular weight is 519 g/mol. The summed E-state index contributed by atoms with van der Waals surface area (Å²) in [7, 11) is 0. The molecule has 168 valence electrons. The van der Waals surface area contributed by atoms with Crippen LogP contribution in [0, 0.1) is 0 Å². The number of aromatic nitrogens is 2. The number of nitrogens with one attached hydrogen (secondary N) is 1. The second-order valence-corrected chi connectivity index (χ2v) is 9.26. The molecule has 0 unspecified atom stereocenters. The summed E-state index contributed by atoms with van der Waals surface area (Å²) in [5.74, 6) is -0.520. The lowest BCUT2D eigenvalue weighted by Gasteiger charge is -2.14. The number of amides is 1. The van der Waals surface area contributed by atoms with E-state index < -0.39 is 11.5 Å². The number of benzene rings is 3. The molecule has 5 nitrogen and oxygen atoms in total. The quantitative estimate of drug-likeness (QED) is 0.292. The minimum atomic E-state index is -0.520. The van der Waals surface area contributed by atoms with Gasteiger partial charge in [0.05, 0.1) is 17.3 Å². The highest BCUT2D eigenvalue weighted by Gasteiger charge is 2.21. The van der Waals surface area contributed by atoms with Gasteiger partial charge in [0.25, 0.3) is 11.5 Å². The Labute approximate surface area is 209 Å². The van der Waals surface area contributed by atoms with Crippen LogP contribution in [0.3, 0.4) is 0 Å². The Morgan fingerprint density at radius 2 is 1.70 bits per heavy atom. The molecule has 0 saturated heterocycles. The fraction of sp³-hybridized carbons (Fsp3) is 0.0833. The Morgan fingerprint density at radius 1 is 0.970 bits per heavy atom. The van der Waals surface area contributed by atoms with Crippen molar-refractivity contribution in [1.29, 1.82) is 0 Å². The van der Waals surface area contributed by atoms with Crippen LogP contribution in [0.1, 0.15) is 15.9 Å². The predicted molar refractivity (Wildman–Crippen MR) is 137 cm³/mol. The van der Waals surface area contributed by atoms with Crippen molar-refractivity contribution >= 4 is 58.2 Å². The first kappa shape index (κ1) is 23.5. The Balaban J connectivity index is 1.78. The van der Waals surface area contributed by atoms with Crippen LogP contribution in [0.5, 0.6) is 0 Å². The summed E-state index contributed by atoms with van der Waals surface area (Å²) in [6, 6.07) is 19.5. The summed E-state index contributed by atoms with van der Waals surface area (Å²) in [5, 5.41) is 4.05. The van der Waals surface area contributed by atoms with Gasteiger partial charge < -0.3 is 5.32 Å². The first-order valence-corrected chi connectivity index (χ1v) is 12.2. The van der Waals surface area contributed by atoms with Gasteiger partial charge in [0, 0.05) is 26.8 Å². The van der Waals surface area contributed by atoms with Crippen LogP contribution in [0.25, 0.3) is 5.69 Å². The molecule has 0 fully saturated rings. The molecular weight excluding hydrogens is 501 g/mol. The van der Waals surface area contributed by atoms with Gasteiger partial charge in [-0.25, -0.2) is 4.68 Å². The third kappa shape index (κ3) is 5.14. The van der Waals surface area contributed by atoms with Gasteiger partial charge in [-0.2, -0.15) is 0 Å². The molecule has 0 bridgehead atoms. The summed E-state index contributed by atoms with van der Waals surface area (Å²) in [6.45, 7) is 0.254. The molecule has 0 spiro atoms. The second kappa shape index (κ2) is 10.1. The lowest BCUT2D eigenvalue weighted by Crippen LogP contribution is -2.26. The van der Waals surface area contributed by atoms with E-state index in [9.17, 15) is 9.59 Å². The van der Waals surface area contributed by atoms with Gasteiger partial charge in [-0.3, -0.25) is 14.3 Å². The monoisotopic (exact) mass is 517 g/mol. The van der Waals surface area contributed by atoms with Gasteiger partial charge in [0.2, 0.25) is 0 Å². The van der Waals surface area contributed by atoms with E-state index in [1.54, 1.807) is 52.8 Å². The van der Waals surface area contributed by atoms with E-state index in [4.69, 9.17) is 34.8 Å². The van der Waals surface area contributed by atoms with E-state index in [1.807, 2.05) is 36.6 Å². The predicted octanol–water partition coefficient (Wildman–Crippen LogP) is 6.62. The van der Waals surface area contributed by atoms with Crippen molar-refractivity contribution in [2.75, 3.05) is 11.6 Å². The summed E-state index contributed by atoms with van der Waals surface area (Å²) < 4.78 is 2.97. The van der Waals surface area contributed by atoms with Gasteiger partial charge in [0.15, 0.2) is 0 Å². The van der Waals surface area contributed by atoms with Crippen LogP contribution in [0.15, 0.2) is 82.6 Å². The number of thioether (sulfide) groups is 1. The highest BCUT2D eigenvalue weighted by Crippen LogP contribution is 2.25. The maximum Gasteiger partial charge on any atom is 0.284 e. The fourth-order valence-electron chi connectivity index (χ4n) is 3.34. The van der Waals surface area contributed by atoms with E-state index >= 15 is 0 Å². The zero-order valence-corrected chi connectivity index (χ0v) is 20.5. The Morgan fingerprint density at radius 3 is 2.36 bits per heavy atom. The van der Waals surface area contributed by atoms with Crippen molar-refractivity contribution in [3.8, 4) is 5.69 Å². The van der Waals surface area contributed by atoms with Crippen molar-refractivity contribution in [1.82, 2.24) is 9.36 Å². The van der Waals surface area contributed by atoms with E-state index in [1.165, 1.54) is 10.9 Å². The first-order chi connectivity index (χ1) is 15.9. The average Bonchev–Trinajstić information content (AvgIpc) is 3.12. The molecule has 0 radical (unpaired) electrons. The van der Waals surface area contributed by atoms with Crippen molar-refractivity contribution in [3.63, 3.8) is 0 Å². The number of halogens is 3. The lowest BCUT2D eigenvalue weighted by molar-refractivity contribution is 0.102. The SMILES string of the molecule is CSc1ccc(NC(=O)c2cn(Cc3ccccc3Cl)n(-c3ccc(Cl)cc3Cl)c2=O)cc1. The van der Waals surface area contributed by atoms with E-state index in [0.29, 0.717) is 21.4 Å². The molecule has 0 aliphatic rings.